The number of thiazole rings is 1. The smallest absolute Gasteiger partial charge is 0.350 e. The molecule has 1 aromatic heterocycles. The Balaban J connectivity index is 1.88. The molecule has 2 heterocycles. The number of esters is 1. The van der Waals surface area contributed by atoms with Gasteiger partial charge in [0.05, 0.1) is 31.0 Å². The number of methoxy groups -OCH3 is 1. The molecule has 1 amide bonds. The highest BCUT2D eigenvalue weighted by atomic mass is 32.1. The highest BCUT2D eigenvalue weighted by molar-refractivity contribution is 7.17. The highest BCUT2D eigenvalue weighted by Gasteiger charge is 2.48. The summed E-state index contributed by atoms with van der Waals surface area (Å²) in [7, 11) is 1.53. The summed E-state index contributed by atoms with van der Waals surface area (Å²) in [4.78, 5) is 45.3. The number of hydrogen-bond donors (Lipinski definition) is 1. The minimum Gasteiger partial charge on any atom is -0.507 e. The minimum absolute atomic E-state index is 0.0986. The monoisotopic (exact) mass is 548 g/mol. The molecule has 202 valence electrons. The van der Waals surface area contributed by atoms with E-state index in [4.69, 9.17) is 14.2 Å². The first-order valence-electron chi connectivity index (χ1n) is 12.2. The van der Waals surface area contributed by atoms with Gasteiger partial charge in [0.15, 0.2) is 5.13 Å². The second-order valence-electron chi connectivity index (χ2n) is 8.65. The molecule has 0 bridgehead atoms. The number of ether oxygens (including phenoxy) is 3. The maximum atomic E-state index is 13.5. The molecule has 10 heteroatoms. The quantitative estimate of drug-likeness (QED) is 0.129. The van der Waals surface area contributed by atoms with Gasteiger partial charge >= 0.3 is 11.9 Å². The number of ketones is 1. The van der Waals surface area contributed by atoms with Crippen LogP contribution in [0.2, 0.25) is 0 Å². The van der Waals surface area contributed by atoms with Crippen LogP contribution in [0.4, 0.5) is 5.13 Å². The lowest BCUT2D eigenvalue weighted by Gasteiger charge is -2.23. The van der Waals surface area contributed by atoms with E-state index in [9.17, 15) is 19.5 Å². The third-order valence-electron chi connectivity index (χ3n) is 6.15. The number of benzene rings is 2. The first kappa shape index (κ1) is 27.6. The van der Waals surface area contributed by atoms with Gasteiger partial charge in [0.2, 0.25) is 0 Å². The van der Waals surface area contributed by atoms with Crippen molar-refractivity contribution in [1.29, 1.82) is 0 Å². The van der Waals surface area contributed by atoms with Crippen LogP contribution in [0.1, 0.15) is 45.0 Å². The first-order valence-corrected chi connectivity index (χ1v) is 13.0. The Labute approximate surface area is 230 Å². The summed E-state index contributed by atoms with van der Waals surface area (Å²) in [6.45, 7) is 9.22. The molecule has 1 aliphatic rings. The van der Waals surface area contributed by atoms with Gasteiger partial charge in [-0.1, -0.05) is 36.1 Å². The Kier molecular flexibility index (Phi) is 8.15. The van der Waals surface area contributed by atoms with Crippen LogP contribution in [0.15, 0.2) is 60.7 Å². The number of aliphatic hydroxyl groups excluding tert-OH is 1. The van der Waals surface area contributed by atoms with Crippen LogP contribution in [0.3, 0.4) is 0 Å². The summed E-state index contributed by atoms with van der Waals surface area (Å²) < 4.78 is 16.0. The van der Waals surface area contributed by atoms with Gasteiger partial charge < -0.3 is 19.3 Å². The molecule has 2 aromatic carbocycles. The van der Waals surface area contributed by atoms with Crippen molar-refractivity contribution in [1.82, 2.24) is 4.98 Å². The molecule has 0 saturated carbocycles. The average molecular weight is 549 g/mol. The van der Waals surface area contributed by atoms with Gasteiger partial charge in [-0.05, 0) is 62.2 Å². The number of nitrogens with zero attached hydrogens (tertiary/aromatic N) is 2. The number of rotatable bonds is 9. The summed E-state index contributed by atoms with van der Waals surface area (Å²) >= 11 is 0.953. The SMILES string of the molecule is C=CCOc1ccc(C(O)=C2C(=O)C(=O)N(c3nc(C)c(C(=O)OCC)s3)C2c2ccc(OC)cc2)c(C)c1. The van der Waals surface area contributed by atoms with Crippen LogP contribution in [-0.2, 0) is 14.3 Å². The summed E-state index contributed by atoms with van der Waals surface area (Å²) in [5.41, 5.74) is 1.84. The molecule has 3 aromatic rings. The van der Waals surface area contributed by atoms with Gasteiger partial charge in [-0.15, -0.1) is 0 Å². The van der Waals surface area contributed by atoms with E-state index in [0.29, 0.717) is 40.5 Å². The molecule has 1 saturated heterocycles. The zero-order valence-corrected chi connectivity index (χ0v) is 22.8. The molecule has 1 fully saturated rings. The molecule has 9 nitrogen and oxygen atoms in total. The van der Waals surface area contributed by atoms with E-state index in [1.165, 1.54) is 12.0 Å². The van der Waals surface area contributed by atoms with Crippen LogP contribution in [0.5, 0.6) is 11.5 Å². The van der Waals surface area contributed by atoms with Crippen molar-refractivity contribution >= 4 is 39.9 Å². The lowest BCUT2D eigenvalue weighted by Crippen LogP contribution is -2.29. The van der Waals surface area contributed by atoms with Gasteiger partial charge in [-0.25, -0.2) is 9.78 Å². The molecule has 39 heavy (non-hydrogen) atoms. The van der Waals surface area contributed by atoms with Crippen molar-refractivity contribution in [2.24, 2.45) is 0 Å². The van der Waals surface area contributed by atoms with E-state index in [1.54, 1.807) is 69.3 Å². The summed E-state index contributed by atoms with van der Waals surface area (Å²) in [6, 6.07) is 10.8. The topological polar surface area (TPSA) is 115 Å². The van der Waals surface area contributed by atoms with Crippen molar-refractivity contribution in [3.63, 3.8) is 0 Å². The minimum atomic E-state index is -1.01. The molecule has 4 rings (SSSR count). The van der Waals surface area contributed by atoms with E-state index < -0.39 is 23.7 Å². The van der Waals surface area contributed by atoms with Crippen molar-refractivity contribution in [3.8, 4) is 11.5 Å². The largest absolute Gasteiger partial charge is 0.507 e. The second kappa shape index (κ2) is 11.5. The number of carbonyl (C=O) groups excluding carboxylic acids is 3. The zero-order chi connectivity index (χ0) is 28.3. The summed E-state index contributed by atoms with van der Waals surface area (Å²) in [5.74, 6) is -1.48. The van der Waals surface area contributed by atoms with Gasteiger partial charge in [0.1, 0.15) is 28.7 Å². The Hall–Kier alpha value is -4.44. The van der Waals surface area contributed by atoms with E-state index in [2.05, 4.69) is 11.6 Å². The zero-order valence-electron chi connectivity index (χ0n) is 22.0. The van der Waals surface area contributed by atoms with Crippen LogP contribution >= 0.6 is 11.3 Å². The van der Waals surface area contributed by atoms with Gasteiger partial charge in [-0.2, -0.15) is 0 Å². The summed E-state index contributed by atoms with van der Waals surface area (Å²) in [5, 5.41) is 11.6. The lowest BCUT2D eigenvalue weighted by atomic mass is 9.94. The Morgan fingerprint density at radius 1 is 1.15 bits per heavy atom. The van der Waals surface area contributed by atoms with E-state index in [1.807, 2.05) is 0 Å². The number of carbonyl (C=O) groups is 3. The van der Waals surface area contributed by atoms with E-state index in [-0.39, 0.29) is 27.9 Å². The van der Waals surface area contributed by atoms with Gasteiger partial charge in [0, 0.05) is 5.56 Å². The normalized spacial score (nSPS) is 16.3. The standard InChI is InChI=1S/C29H28N2O7S/c1-6-14-38-20-12-13-21(16(3)15-20)24(32)22-23(18-8-10-19(36-5)11-9-18)31(27(34)25(22)33)29-30-17(4)26(39-29)28(35)37-7-2/h6,8-13,15,23,32H,1,7,14H2,2-5H3. The fourth-order valence-electron chi connectivity index (χ4n) is 4.29. The van der Waals surface area contributed by atoms with E-state index >= 15 is 0 Å². The van der Waals surface area contributed by atoms with Crippen molar-refractivity contribution in [3.05, 3.63) is 88.0 Å². The fraction of sp³-hybridized carbons (Fsp3) is 0.241. The van der Waals surface area contributed by atoms with Gasteiger partial charge in [0.25, 0.3) is 5.78 Å². The molecule has 1 unspecified atom stereocenters. The van der Waals surface area contributed by atoms with Crippen LogP contribution in [-0.4, -0.2) is 48.1 Å². The highest BCUT2D eigenvalue weighted by Crippen LogP contribution is 2.44. The lowest BCUT2D eigenvalue weighted by molar-refractivity contribution is -0.132. The van der Waals surface area contributed by atoms with Crippen LogP contribution in [0.25, 0.3) is 5.76 Å². The number of amides is 1. The molecule has 1 atom stereocenters. The Bertz CT molecular complexity index is 1470. The predicted molar refractivity (Wildman–Crippen MR) is 147 cm³/mol. The maximum Gasteiger partial charge on any atom is 0.350 e. The molecule has 0 spiro atoms. The third kappa shape index (κ3) is 5.28. The Morgan fingerprint density at radius 2 is 1.85 bits per heavy atom. The number of Topliss-reactive ketones (excluding diaryl/α,β-unsaturated/α-hetero) is 1. The van der Waals surface area contributed by atoms with Crippen LogP contribution < -0.4 is 14.4 Å². The molecular formula is C29H28N2O7S. The number of aliphatic hydroxyl groups is 1. The first-order chi connectivity index (χ1) is 18.7. The van der Waals surface area contributed by atoms with Crippen molar-refractivity contribution in [2.45, 2.75) is 26.8 Å². The summed E-state index contributed by atoms with van der Waals surface area (Å²) in [6.07, 6.45) is 1.62. The number of aryl methyl sites for hydroxylation is 2. The predicted octanol–water partition coefficient (Wildman–Crippen LogP) is 5.14. The van der Waals surface area contributed by atoms with Crippen LogP contribution in [0, 0.1) is 13.8 Å². The average Bonchev–Trinajstić information content (AvgIpc) is 3.43. The third-order valence-corrected chi connectivity index (χ3v) is 7.29. The molecule has 1 aliphatic heterocycles. The fourth-order valence-corrected chi connectivity index (χ4v) is 5.28. The van der Waals surface area contributed by atoms with Gasteiger partial charge in [-0.3, -0.25) is 14.5 Å². The maximum absolute atomic E-state index is 13.5. The second-order valence-corrected chi connectivity index (χ2v) is 9.63. The molecular weight excluding hydrogens is 520 g/mol. The molecule has 1 N–H and O–H groups in total. The molecule has 0 aliphatic carbocycles. The molecule has 0 radical (unpaired) electrons. The number of aromatic nitrogens is 1. The number of anilines is 1. The Morgan fingerprint density at radius 3 is 2.46 bits per heavy atom. The van der Waals surface area contributed by atoms with Crippen molar-refractivity contribution in [2.75, 3.05) is 25.2 Å². The van der Waals surface area contributed by atoms with Crippen molar-refractivity contribution < 1.29 is 33.7 Å². The number of hydrogen-bond acceptors (Lipinski definition) is 9. The van der Waals surface area contributed by atoms with E-state index in [0.717, 1.165) is 11.3 Å².